The van der Waals surface area contributed by atoms with Gasteiger partial charge in [-0.2, -0.15) is 4.31 Å². The van der Waals surface area contributed by atoms with E-state index in [-0.39, 0.29) is 60.3 Å². The van der Waals surface area contributed by atoms with Crippen LogP contribution in [0.3, 0.4) is 0 Å². The molecule has 0 radical (unpaired) electrons. The molecule has 1 N–H and O–H groups in total. The Labute approximate surface area is 546 Å². The SMILES string of the molecule is CCCCC(CC)CN1C(=O)c2ccc3c4ccc5c6c(ccc(c7ccc(c2c37)C1=O)c64)C(=O)N(CCN(CCNC(=O)OC1CC[C@@]2(C)C(=CC[C@H]3[C@@H]4CC[C@H]([C@H](C)CCCC(C)C)[C@@]4(C)CC[C@@H]32)C1)S(=O)(=O)c1ccc2ccc3cccc4ccc1c2c34)C5=O. The third-order valence-electron chi connectivity index (χ3n) is 24.6. The van der Waals surface area contributed by atoms with Crippen LogP contribution in [0.1, 0.15) is 186 Å². The molecule has 3 saturated carbocycles. The molecule has 0 spiro atoms. The van der Waals surface area contributed by atoms with Crippen molar-refractivity contribution in [2.24, 2.45) is 52.3 Å². The average molecular weight is 1270 g/mol. The Kier molecular flexibility index (Phi) is 15.6. The molecule has 3 fully saturated rings. The maximum absolute atomic E-state index is 15.6. The summed E-state index contributed by atoms with van der Waals surface area (Å²) in [7, 11) is -4.38. The van der Waals surface area contributed by atoms with Gasteiger partial charge in [-0.05, 0) is 193 Å². The second-order valence-electron chi connectivity index (χ2n) is 29.9. The van der Waals surface area contributed by atoms with E-state index in [9.17, 15) is 14.4 Å². The van der Waals surface area contributed by atoms with Crippen LogP contribution in [0.5, 0.6) is 0 Å². The zero-order valence-corrected chi connectivity index (χ0v) is 56.0. The van der Waals surface area contributed by atoms with E-state index in [1.807, 2.05) is 84.9 Å². The summed E-state index contributed by atoms with van der Waals surface area (Å²) >= 11 is 0. The molecular formula is C80H88N4O8S. The first-order valence-corrected chi connectivity index (χ1v) is 36.5. The maximum atomic E-state index is 15.6. The van der Waals surface area contributed by atoms with Gasteiger partial charge in [-0.1, -0.05) is 171 Å². The molecule has 0 aromatic heterocycles. The van der Waals surface area contributed by atoms with E-state index in [4.69, 9.17) is 4.74 Å². The minimum atomic E-state index is -4.38. The number of fused-ring (bicyclic) bond motifs is 7. The number of alkyl carbamates (subject to hydrolysis) is 1. The summed E-state index contributed by atoms with van der Waals surface area (Å²) in [4.78, 5) is 75.5. The summed E-state index contributed by atoms with van der Waals surface area (Å²) in [5.41, 5.74) is 3.51. The Morgan fingerprint density at radius 2 is 1.22 bits per heavy atom. The lowest BCUT2D eigenvalue weighted by Crippen LogP contribution is -2.51. The molecule has 2 aliphatic heterocycles. The third-order valence-corrected chi connectivity index (χ3v) is 26.6. The molecule has 2 unspecified atom stereocenters. The molecule has 12 nitrogen and oxygen atoms in total. The number of hydrogen-bond acceptors (Lipinski definition) is 8. The Hall–Kier alpha value is -7.48. The van der Waals surface area contributed by atoms with Crippen molar-refractivity contribution in [3.8, 4) is 0 Å². The number of hydrogen-bond donors (Lipinski definition) is 1. The van der Waals surface area contributed by atoms with E-state index < -0.39 is 27.9 Å². The fraction of sp³-hybridized carbons (Fsp3) is 0.463. The Morgan fingerprint density at radius 3 is 1.83 bits per heavy atom. The number of sulfonamides is 1. The maximum Gasteiger partial charge on any atom is 0.407 e. The number of imide groups is 2. The Bertz CT molecular complexity index is 4570. The molecule has 0 bridgehead atoms. The van der Waals surface area contributed by atoms with Crippen molar-refractivity contribution in [3.05, 3.63) is 137 Å². The summed E-state index contributed by atoms with van der Waals surface area (Å²) < 4.78 is 38.6. The predicted molar refractivity (Wildman–Crippen MR) is 372 cm³/mol. The lowest BCUT2D eigenvalue weighted by atomic mass is 9.47. The highest BCUT2D eigenvalue weighted by molar-refractivity contribution is 7.89. The van der Waals surface area contributed by atoms with Gasteiger partial charge in [0.1, 0.15) is 6.10 Å². The monoisotopic (exact) mass is 1260 g/mol. The van der Waals surface area contributed by atoms with Gasteiger partial charge < -0.3 is 10.1 Å². The fourth-order valence-electron chi connectivity index (χ4n) is 19.8. The molecule has 9 aromatic carbocycles. The van der Waals surface area contributed by atoms with E-state index in [2.05, 4.69) is 59.9 Å². The first-order valence-electron chi connectivity index (χ1n) is 35.1. The molecule has 9 aromatic rings. The van der Waals surface area contributed by atoms with Crippen LogP contribution >= 0.6 is 0 Å². The lowest BCUT2D eigenvalue weighted by Gasteiger charge is -2.58. The summed E-state index contributed by atoms with van der Waals surface area (Å²) in [5, 5.41) is 14.0. The van der Waals surface area contributed by atoms with Crippen molar-refractivity contribution in [3.63, 3.8) is 0 Å². The number of ether oxygens (including phenoxy) is 1. The largest absolute Gasteiger partial charge is 0.446 e. The Morgan fingerprint density at radius 1 is 0.624 bits per heavy atom. The molecule has 13 heteroatoms. The highest BCUT2D eigenvalue weighted by atomic mass is 32.2. The fourth-order valence-corrected chi connectivity index (χ4v) is 21.4. The Balaban J connectivity index is 0.680. The number of allylic oxidation sites excluding steroid dienone is 1. The zero-order chi connectivity index (χ0) is 64.6. The number of unbranched alkanes of at least 4 members (excludes halogenated alkanes) is 1. The van der Waals surface area contributed by atoms with Crippen LogP contribution < -0.4 is 5.32 Å². The normalized spacial score (nSPS) is 24.6. The van der Waals surface area contributed by atoms with Crippen LogP contribution in [0, 0.1) is 52.3 Å². The van der Waals surface area contributed by atoms with Gasteiger partial charge >= 0.3 is 6.09 Å². The van der Waals surface area contributed by atoms with Crippen LogP contribution in [0.25, 0.3) is 75.4 Å². The molecule has 93 heavy (non-hydrogen) atoms. The van der Waals surface area contributed by atoms with Crippen molar-refractivity contribution < 1.29 is 37.1 Å². The molecule has 6 aliphatic rings. The van der Waals surface area contributed by atoms with E-state index in [0.717, 1.165) is 133 Å². The second kappa shape index (κ2) is 23.5. The van der Waals surface area contributed by atoms with Crippen molar-refractivity contribution >= 4 is 115 Å². The van der Waals surface area contributed by atoms with E-state index in [1.54, 1.807) is 18.2 Å². The summed E-state index contributed by atoms with van der Waals surface area (Å²) in [6, 6.07) is 32.1. The number of carbonyl (C=O) groups is 5. The van der Waals surface area contributed by atoms with Crippen molar-refractivity contribution in [2.45, 2.75) is 156 Å². The number of nitrogens with one attached hydrogen (secondary N) is 1. The molecule has 482 valence electrons. The highest BCUT2D eigenvalue weighted by Crippen LogP contribution is 2.67. The summed E-state index contributed by atoms with van der Waals surface area (Å²) in [5.74, 6) is 2.92. The summed E-state index contributed by atoms with van der Waals surface area (Å²) in [6.07, 6.45) is 18.3. The van der Waals surface area contributed by atoms with Crippen molar-refractivity contribution in [2.75, 3.05) is 32.7 Å². The smallest absolute Gasteiger partial charge is 0.407 e. The summed E-state index contributed by atoms with van der Waals surface area (Å²) in [6.45, 7) is 16.2. The van der Waals surface area contributed by atoms with Gasteiger partial charge in [0.2, 0.25) is 10.0 Å². The first kappa shape index (κ1) is 61.7. The molecule has 2 heterocycles. The average Bonchev–Trinajstić information content (AvgIpc) is 0.956. The van der Waals surface area contributed by atoms with Crippen LogP contribution in [0.15, 0.2) is 120 Å². The second-order valence-corrected chi connectivity index (χ2v) is 31.8. The highest BCUT2D eigenvalue weighted by Gasteiger charge is 2.59. The quantitative estimate of drug-likeness (QED) is 0.0343. The van der Waals surface area contributed by atoms with Gasteiger partial charge in [0, 0.05) is 77.6 Å². The van der Waals surface area contributed by atoms with Gasteiger partial charge in [-0.15, -0.1) is 0 Å². The molecule has 5 amide bonds. The third kappa shape index (κ3) is 9.79. The van der Waals surface area contributed by atoms with E-state index in [0.29, 0.717) is 68.6 Å². The van der Waals surface area contributed by atoms with Gasteiger partial charge in [-0.25, -0.2) is 13.2 Å². The molecule has 4 aliphatic carbocycles. The van der Waals surface area contributed by atoms with Crippen molar-refractivity contribution in [1.82, 2.24) is 19.4 Å². The standard InChI is InChI=1S/C80H88N4O8S/c1-8-10-15-48(9-2)45-84-76(87)62-31-27-56-54-25-29-60-72-61(30-26-55(70(54)72)57-28-32-63(77(84)88)73(62)71(56)57)75(86)83(74(60)85)43-42-82(93(90,91)67-35-21-51-19-18-49-16-12-17-50-20-23-59(67)69(51)68(49)50)41-40-81-78(89)92-53-36-38-79(6)52(44-53)22-24-58-65-34-33-64(47(5)14-11-13-46(3)4)80(65,7)39-37-66(58)79/h12,16-23,25-32,35,46-48,53,58,64-66H,8-11,13-15,24,33-34,36-45H2,1-7H3,(H,81,89)/t47-,48?,53?,58+,64-,65+,66+,79+,80-/m1/s1. The molecule has 0 saturated heterocycles. The van der Waals surface area contributed by atoms with Crippen LogP contribution in [0.2, 0.25) is 0 Å². The topological polar surface area (TPSA) is 150 Å². The van der Waals surface area contributed by atoms with Crippen molar-refractivity contribution in [1.29, 1.82) is 0 Å². The molecular weight excluding hydrogens is 1180 g/mol. The number of nitrogens with zero attached hydrogens (tertiary/aromatic N) is 3. The zero-order valence-electron chi connectivity index (χ0n) is 55.2. The van der Waals surface area contributed by atoms with Gasteiger partial charge in [-0.3, -0.25) is 29.0 Å². The van der Waals surface area contributed by atoms with Crippen LogP contribution in [0.4, 0.5) is 4.79 Å². The molecule has 9 atom stereocenters. The predicted octanol–water partition coefficient (Wildman–Crippen LogP) is 17.9. The minimum absolute atomic E-state index is 0.0793. The molecule has 15 rings (SSSR count). The van der Waals surface area contributed by atoms with Gasteiger partial charge in [0.15, 0.2) is 0 Å². The van der Waals surface area contributed by atoms with Crippen LogP contribution in [-0.4, -0.2) is 91.1 Å². The number of amides is 5. The number of benzene rings is 9. The minimum Gasteiger partial charge on any atom is -0.446 e. The van der Waals surface area contributed by atoms with Gasteiger partial charge in [0.05, 0.1) is 4.90 Å². The number of carbonyl (C=O) groups excluding carboxylic acids is 5. The number of rotatable bonds is 20. The lowest BCUT2D eigenvalue weighted by molar-refractivity contribution is -0.0581. The van der Waals surface area contributed by atoms with Crippen LogP contribution in [-0.2, 0) is 14.8 Å². The van der Waals surface area contributed by atoms with Gasteiger partial charge in [0.25, 0.3) is 23.6 Å². The first-order chi connectivity index (χ1) is 44.8. The van der Waals surface area contributed by atoms with E-state index in [1.165, 1.54) is 59.7 Å². The van der Waals surface area contributed by atoms with E-state index >= 15 is 18.0 Å².